The number of nitrogens with one attached hydrogen (secondary N) is 1. The van der Waals surface area contributed by atoms with Gasteiger partial charge in [0.15, 0.2) is 0 Å². The maximum Gasteiger partial charge on any atom is 0.241 e. The van der Waals surface area contributed by atoms with Crippen molar-refractivity contribution in [3.05, 3.63) is 48.3 Å². The highest BCUT2D eigenvalue weighted by atomic mass is 16.3. The van der Waals surface area contributed by atoms with Crippen LogP contribution in [0, 0.1) is 0 Å². The Hall–Kier alpha value is -2.67. The van der Waals surface area contributed by atoms with E-state index in [1.807, 2.05) is 48.3 Å². The fourth-order valence-electron chi connectivity index (χ4n) is 2.87. The average Bonchev–Trinajstić information content (AvgIpc) is 2.65. The number of nitrogens with zero attached hydrogens (tertiary/aromatic N) is 4. The summed E-state index contributed by atoms with van der Waals surface area (Å²) in [6.45, 7) is 1.84. The van der Waals surface area contributed by atoms with E-state index in [1.165, 1.54) is 6.33 Å². The van der Waals surface area contributed by atoms with Crippen molar-refractivity contribution in [3.8, 4) is 0 Å². The quantitative estimate of drug-likeness (QED) is 0.824. The van der Waals surface area contributed by atoms with Crippen molar-refractivity contribution in [2.75, 3.05) is 43.5 Å². The molecule has 1 aliphatic heterocycles. The van der Waals surface area contributed by atoms with Crippen LogP contribution in [0.5, 0.6) is 0 Å². The van der Waals surface area contributed by atoms with Crippen LogP contribution < -0.4 is 10.2 Å². The molecule has 2 heterocycles. The van der Waals surface area contributed by atoms with Crippen LogP contribution in [0.3, 0.4) is 0 Å². The Labute approximate surface area is 147 Å². The fraction of sp³-hybridized carbons (Fsp3) is 0.389. The van der Waals surface area contributed by atoms with E-state index in [4.69, 9.17) is 0 Å². The average molecular weight is 341 g/mol. The van der Waals surface area contributed by atoms with Crippen molar-refractivity contribution in [3.63, 3.8) is 0 Å². The smallest absolute Gasteiger partial charge is 0.241 e. The van der Waals surface area contributed by atoms with Crippen LogP contribution in [0.15, 0.2) is 42.7 Å². The summed E-state index contributed by atoms with van der Waals surface area (Å²) in [6.07, 6.45) is 2.08. The summed E-state index contributed by atoms with van der Waals surface area (Å²) < 4.78 is 0. The molecule has 1 aliphatic rings. The molecule has 132 valence electrons. The summed E-state index contributed by atoms with van der Waals surface area (Å²) in [7, 11) is 1.81. The monoisotopic (exact) mass is 341 g/mol. The molecule has 25 heavy (non-hydrogen) atoms. The molecule has 7 heteroatoms. The van der Waals surface area contributed by atoms with E-state index in [2.05, 4.69) is 15.3 Å². The van der Waals surface area contributed by atoms with Gasteiger partial charge in [-0.05, 0) is 12.0 Å². The molecule has 2 aromatic rings. The van der Waals surface area contributed by atoms with E-state index >= 15 is 0 Å². The summed E-state index contributed by atoms with van der Waals surface area (Å²) in [5, 5.41) is 12.7. The van der Waals surface area contributed by atoms with Crippen LogP contribution in [0.4, 0.5) is 11.6 Å². The molecule has 1 aromatic heterocycles. The minimum Gasteiger partial charge on any atom is -0.396 e. The number of hydrogen-bond donors (Lipinski definition) is 2. The van der Waals surface area contributed by atoms with Gasteiger partial charge in [-0.3, -0.25) is 4.79 Å². The molecule has 0 aliphatic carbocycles. The van der Waals surface area contributed by atoms with Crippen molar-refractivity contribution < 1.29 is 9.90 Å². The molecular weight excluding hydrogens is 318 g/mol. The number of likely N-dealkylation sites (N-methyl/N-ethyl adjacent to an activating group) is 1. The van der Waals surface area contributed by atoms with Crippen LogP contribution in [0.25, 0.3) is 0 Å². The standard InChI is InChI=1S/C18H23N5O2/c1-22-8-9-23(12-18(22)25)17-11-16(19-13-20-17)21-15(7-10-24)14-5-3-2-4-6-14/h2-6,11,13,15,24H,7-10,12H2,1H3,(H,19,20,21)/t15-/m1/s1. The third-order valence-corrected chi connectivity index (χ3v) is 4.38. The molecule has 1 amide bonds. The first kappa shape index (κ1) is 17.2. The lowest BCUT2D eigenvalue weighted by Crippen LogP contribution is -2.48. The molecule has 1 fully saturated rings. The second-order valence-electron chi connectivity index (χ2n) is 6.12. The third kappa shape index (κ3) is 4.24. The van der Waals surface area contributed by atoms with Crippen molar-refractivity contribution >= 4 is 17.5 Å². The number of aliphatic hydroxyl groups is 1. The zero-order chi connectivity index (χ0) is 17.6. The van der Waals surface area contributed by atoms with E-state index in [9.17, 15) is 9.90 Å². The van der Waals surface area contributed by atoms with Crippen molar-refractivity contribution in [2.24, 2.45) is 0 Å². The Balaban J connectivity index is 1.75. The van der Waals surface area contributed by atoms with E-state index in [-0.39, 0.29) is 18.6 Å². The van der Waals surface area contributed by atoms with Gasteiger partial charge in [0, 0.05) is 32.8 Å². The van der Waals surface area contributed by atoms with Crippen molar-refractivity contribution in [1.82, 2.24) is 14.9 Å². The highest BCUT2D eigenvalue weighted by Crippen LogP contribution is 2.23. The van der Waals surface area contributed by atoms with Gasteiger partial charge in [0.2, 0.25) is 5.91 Å². The summed E-state index contributed by atoms with van der Waals surface area (Å²) in [4.78, 5) is 24.2. The number of amides is 1. The second kappa shape index (κ2) is 7.94. The molecule has 0 radical (unpaired) electrons. The topological polar surface area (TPSA) is 81.6 Å². The summed E-state index contributed by atoms with van der Waals surface area (Å²) in [5.74, 6) is 1.50. The highest BCUT2D eigenvalue weighted by molar-refractivity contribution is 5.82. The minimum atomic E-state index is -0.0388. The highest BCUT2D eigenvalue weighted by Gasteiger charge is 2.22. The van der Waals surface area contributed by atoms with Gasteiger partial charge in [-0.1, -0.05) is 30.3 Å². The van der Waals surface area contributed by atoms with Gasteiger partial charge in [-0.25, -0.2) is 9.97 Å². The van der Waals surface area contributed by atoms with Crippen molar-refractivity contribution in [1.29, 1.82) is 0 Å². The normalized spacial score (nSPS) is 16.0. The second-order valence-corrected chi connectivity index (χ2v) is 6.12. The Bertz CT molecular complexity index is 710. The molecule has 1 aromatic carbocycles. The first-order valence-electron chi connectivity index (χ1n) is 8.40. The van der Waals surface area contributed by atoms with Crippen LogP contribution in [0.1, 0.15) is 18.0 Å². The number of aromatic nitrogens is 2. The fourth-order valence-corrected chi connectivity index (χ4v) is 2.87. The van der Waals surface area contributed by atoms with Gasteiger partial charge < -0.3 is 20.2 Å². The maximum absolute atomic E-state index is 11.9. The first-order valence-corrected chi connectivity index (χ1v) is 8.40. The number of rotatable bonds is 6. The lowest BCUT2D eigenvalue weighted by atomic mass is 10.0. The molecule has 1 saturated heterocycles. The SMILES string of the molecule is CN1CCN(c2cc(N[C@H](CCO)c3ccccc3)ncn2)CC1=O. The molecule has 0 unspecified atom stereocenters. The maximum atomic E-state index is 11.9. The number of hydrogen-bond acceptors (Lipinski definition) is 6. The van der Waals surface area contributed by atoms with Gasteiger partial charge in [-0.15, -0.1) is 0 Å². The molecular formula is C18H23N5O2. The number of anilines is 2. The molecule has 0 spiro atoms. The zero-order valence-electron chi connectivity index (χ0n) is 14.3. The van der Waals surface area contributed by atoms with Gasteiger partial charge >= 0.3 is 0 Å². The Kier molecular flexibility index (Phi) is 5.45. The predicted octanol–water partition coefficient (Wildman–Crippen LogP) is 1.29. The van der Waals surface area contributed by atoms with E-state index < -0.39 is 0 Å². The summed E-state index contributed by atoms with van der Waals surface area (Å²) >= 11 is 0. The number of piperazine rings is 1. The van der Waals surface area contributed by atoms with Crippen LogP contribution >= 0.6 is 0 Å². The zero-order valence-corrected chi connectivity index (χ0v) is 14.3. The van der Waals surface area contributed by atoms with E-state index in [0.717, 1.165) is 17.9 Å². The van der Waals surface area contributed by atoms with Crippen molar-refractivity contribution in [2.45, 2.75) is 12.5 Å². The van der Waals surface area contributed by atoms with Crippen LogP contribution in [-0.4, -0.2) is 59.2 Å². The summed E-state index contributed by atoms with van der Waals surface area (Å²) in [5.41, 5.74) is 1.09. The summed E-state index contributed by atoms with van der Waals surface area (Å²) in [6, 6.07) is 11.8. The Morgan fingerprint density at radius 2 is 2.04 bits per heavy atom. The Morgan fingerprint density at radius 3 is 2.76 bits per heavy atom. The first-order chi connectivity index (χ1) is 12.2. The van der Waals surface area contributed by atoms with Gasteiger partial charge in [-0.2, -0.15) is 0 Å². The number of carbonyl (C=O) groups is 1. The van der Waals surface area contributed by atoms with Crippen LogP contribution in [-0.2, 0) is 4.79 Å². The molecule has 0 saturated carbocycles. The molecule has 7 nitrogen and oxygen atoms in total. The lowest BCUT2D eigenvalue weighted by molar-refractivity contribution is -0.129. The van der Waals surface area contributed by atoms with E-state index in [0.29, 0.717) is 25.3 Å². The molecule has 3 rings (SSSR count). The van der Waals surface area contributed by atoms with E-state index in [1.54, 1.807) is 4.90 Å². The largest absolute Gasteiger partial charge is 0.396 e. The Morgan fingerprint density at radius 1 is 1.24 bits per heavy atom. The van der Waals surface area contributed by atoms with Gasteiger partial charge in [0.05, 0.1) is 12.6 Å². The number of benzene rings is 1. The predicted molar refractivity (Wildman–Crippen MR) is 96.4 cm³/mol. The van der Waals surface area contributed by atoms with Gasteiger partial charge in [0.1, 0.15) is 18.0 Å². The lowest BCUT2D eigenvalue weighted by Gasteiger charge is -2.32. The molecule has 0 bridgehead atoms. The van der Waals surface area contributed by atoms with Crippen LogP contribution in [0.2, 0.25) is 0 Å². The molecule has 1 atom stereocenters. The minimum absolute atomic E-state index is 0.0388. The number of aliphatic hydroxyl groups excluding tert-OH is 1. The van der Waals surface area contributed by atoms with Gasteiger partial charge in [0.25, 0.3) is 0 Å². The number of carbonyl (C=O) groups excluding carboxylic acids is 1. The molecule has 2 N–H and O–H groups in total. The third-order valence-electron chi connectivity index (χ3n) is 4.38.